The summed E-state index contributed by atoms with van der Waals surface area (Å²) < 4.78 is 1.73. The lowest BCUT2D eigenvalue weighted by Crippen LogP contribution is -3.14. The second kappa shape index (κ2) is 8.26. The highest BCUT2D eigenvalue weighted by Gasteiger charge is 2.46. The van der Waals surface area contributed by atoms with Crippen LogP contribution < -0.4 is 4.90 Å². The maximum atomic E-state index is 13.4. The van der Waals surface area contributed by atoms with E-state index in [0.717, 1.165) is 25.2 Å². The molecule has 6 heteroatoms. The monoisotopic (exact) mass is 401 g/mol. The fourth-order valence-electron chi connectivity index (χ4n) is 4.73. The molecular weight excluding hydrogens is 372 g/mol. The van der Waals surface area contributed by atoms with Crippen LogP contribution >= 0.6 is 11.6 Å². The van der Waals surface area contributed by atoms with Crippen LogP contribution in [0.2, 0.25) is 5.02 Å². The summed E-state index contributed by atoms with van der Waals surface area (Å²) in [5.74, 6) is 0.711. The number of quaternary nitrogens is 1. The molecule has 1 aliphatic carbocycles. The molecule has 1 N–H and O–H groups in total. The number of amides is 1. The number of carbonyl (C=O) groups is 1. The smallest absolute Gasteiger partial charge is 0.226 e. The first-order valence-electron chi connectivity index (χ1n) is 10.4. The van der Waals surface area contributed by atoms with Crippen LogP contribution in [0.3, 0.4) is 0 Å². The summed E-state index contributed by atoms with van der Waals surface area (Å²) in [6, 6.07) is 10.9. The van der Waals surface area contributed by atoms with Gasteiger partial charge in [0.25, 0.3) is 0 Å². The number of aryl methyl sites for hydroxylation is 1. The summed E-state index contributed by atoms with van der Waals surface area (Å²) in [6.07, 6.45) is 5.19. The van der Waals surface area contributed by atoms with Crippen molar-refractivity contribution in [3.63, 3.8) is 0 Å². The Kier molecular flexibility index (Phi) is 5.74. The van der Waals surface area contributed by atoms with Gasteiger partial charge in [-0.25, -0.2) is 0 Å². The molecule has 2 heterocycles. The van der Waals surface area contributed by atoms with Gasteiger partial charge in [0.2, 0.25) is 5.91 Å². The van der Waals surface area contributed by atoms with Crippen molar-refractivity contribution in [2.24, 2.45) is 13.0 Å². The van der Waals surface area contributed by atoms with Crippen molar-refractivity contribution in [1.29, 1.82) is 0 Å². The number of hydrogen-bond acceptors (Lipinski definition) is 2. The third-order valence-corrected chi connectivity index (χ3v) is 6.68. The van der Waals surface area contributed by atoms with Gasteiger partial charge in [-0.15, -0.1) is 0 Å². The van der Waals surface area contributed by atoms with Gasteiger partial charge in [-0.3, -0.25) is 9.48 Å². The fourth-order valence-corrected chi connectivity index (χ4v) is 4.97. The first-order chi connectivity index (χ1) is 13.6. The average Bonchev–Trinajstić information content (AvgIpc) is 3.27. The van der Waals surface area contributed by atoms with Crippen molar-refractivity contribution in [3.8, 4) is 0 Å². The molecule has 2 fully saturated rings. The Balaban J connectivity index is 1.50. The van der Waals surface area contributed by atoms with Crippen molar-refractivity contribution in [3.05, 3.63) is 52.8 Å². The predicted molar refractivity (Wildman–Crippen MR) is 110 cm³/mol. The van der Waals surface area contributed by atoms with Crippen molar-refractivity contribution < 1.29 is 9.69 Å². The van der Waals surface area contributed by atoms with E-state index in [4.69, 9.17) is 11.6 Å². The van der Waals surface area contributed by atoms with Crippen LogP contribution in [0.25, 0.3) is 0 Å². The second-order valence-electron chi connectivity index (χ2n) is 8.28. The first kappa shape index (κ1) is 19.5. The molecule has 5 nitrogen and oxygen atoms in total. The number of likely N-dealkylation sites (tertiary alicyclic amines) is 1. The summed E-state index contributed by atoms with van der Waals surface area (Å²) >= 11 is 6.36. The Labute approximate surface area is 172 Å². The number of carbonyl (C=O) groups excluding carboxylic acids is 1. The quantitative estimate of drug-likeness (QED) is 0.773. The van der Waals surface area contributed by atoms with Gasteiger partial charge in [0, 0.05) is 32.0 Å². The summed E-state index contributed by atoms with van der Waals surface area (Å²) in [5, 5.41) is 5.13. The van der Waals surface area contributed by atoms with Gasteiger partial charge in [0.05, 0.1) is 31.2 Å². The highest BCUT2D eigenvalue weighted by Crippen LogP contribution is 2.48. The van der Waals surface area contributed by atoms with Crippen molar-refractivity contribution in [1.82, 2.24) is 14.7 Å². The van der Waals surface area contributed by atoms with Crippen molar-refractivity contribution in [2.45, 2.75) is 44.7 Å². The summed E-state index contributed by atoms with van der Waals surface area (Å²) in [7, 11) is 1.87. The van der Waals surface area contributed by atoms with E-state index in [1.54, 1.807) is 9.58 Å². The molecule has 1 aromatic heterocycles. The van der Waals surface area contributed by atoms with Crippen LogP contribution in [0.5, 0.6) is 0 Å². The van der Waals surface area contributed by atoms with Crippen LogP contribution in [-0.4, -0.2) is 46.3 Å². The molecule has 1 saturated carbocycles. The lowest BCUT2D eigenvalue weighted by Gasteiger charge is -2.28. The van der Waals surface area contributed by atoms with Gasteiger partial charge in [-0.1, -0.05) is 41.9 Å². The molecule has 1 amide bonds. The largest absolute Gasteiger partial charge is 0.331 e. The highest BCUT2D eigenvalue weighted by atomic mass is 35.5. The van der Waals surface area contributed by atoms with Gasteiger partial charge >= 0.3 is 0 Å². The SMILES string of the molecule is CC[NH+]1CCC[C@H]1CN(Cc1nn(C)cc1Cl)C(=O)[C@@H]1C[C@H]1c1ccccc1. The number of hydrogen-bond donors (Lipinski definition) is 1. The molecule has 4 atom stereocenters. The Hall–Kier alpha value is -1.85. The highest BCUT2D eigenvalue weighted by molar-refractivity contribution is 6.31. The molecule has 150 valence electrons. The maximum Gasteiger partial charge on any atom is 0.226 e. The van der Waals surface area contributed by atoms with E-state index in [9.17, 15) is 4.79 Å². The van der Waals surface area contributed by atoms with E-state index in [-0.39, 0.29) is 11.8 Å². The maximum absolute atomic E-state index is 13.4. The third-order valence-electron chi connectivity index (χ3n) is 6.36. The minimum atomic E-state index is 0.0939. The summed E-state index contributed by atoms with van der Waals surface area (Å²) in [6.45, 7) is 5.87. The van der Waals surface area contributed by atoms with Gasteiger partial charge in [-0.05, 0) is 24.8 Å². The normalized spacial score (nSPS) is 26.4. The number of nitrogens with one attached hydrogen (secondary N) is 1. The average molecular weight is 402 g/mol. The number of likely N-dealkylation sites (N-methyl/N-ethyl adjacent to an activating group) is 1. The lowest BCUT2D eigenvalue weighted by molar-refractivity contribution is -0.909. The molecule has 0 bridgehead atoms. The summed E-state index contributed by atoms with van der Waals surface area (Å²) in [4.78, 5) is 17.1. The summed E-state index contributed by atoms with van der Waals surface area (Å²) in [5.41, 5.74) is 2.07. The molecule has 2 aliphatic rings. The zero-order valence-corrected chi connectivity index (χ0v) is 17.5. The molecular formula is C22H30ClN4O+. The Bertz CT molecular complexity index is 821. The zero-order chi connectivity index (χ0) is 19.7. The molecule has 1 saturated heterocycles. The molecule has 2 aromatic rings. The Morgan fingerprint density at radius 2 is 2.14 bits per heavy atom. The standard InChI is InChI=1S/C22H29ClN4O/c1-3-26-11-7-10-17(26)13-27(15-21-20(23)14-25(2)24-21)22(28)19-12-18(19)16-8-5-4-6-9-16/h4-6,8-9,14,17-19H,3,7,10-13,15H2,1-2H3/p+1/t17-,18-,19+/m0/s1. The van der Waals surface area contributed by atoms with Crippen molar-refractivity contribution >= 4 is 17.5 Å². The lowest BCUT2D eigenvalue weighted by atomic mass is 10.1. The number of nitrogens with zero attached hydrogens (tertiary/aromatic N) is 3. The zero-order valence-electron chi connectivity index (χ0n) is 16.8. The van der Waals surface area contributed by atoms with Gasteiger partial charge in [-0.2, -0.15) is 5.10 Å². The third kappa shape index (κ3) is 4.11. The molecule has 0 radical (unpaired) electrons. The van der Waals surface area contributed by atoms with Crippen LogP contribution in [0.4, 0.5) is 0 Å². The van der Waals surface area contributed by atoms with Gasteiger partial charge in [0.1, 0.15) is 11.7 Å². The van der Waals surface area contributed by atoms with E-state index < -0.39 is 0 Å². The number of benzene rings is 1. The predicted octanol–water partition coefficient (Wildman–Crippen LogP) is 2.27. The molecule has 1 unspecified atom stereocenters. The van der Waals surface area contributed by atoms with Gasteiger partial charge in [0.15, 0.2) is 0 Å². The van der Waals surface area contributed by atoms with Gasteiger partial charge < -0.3 is 9.80 Å². The fraction of sp³-hybridized carbons (Fsp3) is 0.545. The minimum Gasteiger partial charge on any atom is -0.331 e. The molecule has 28 heavy (non-hydrogen) atoms. The van der Waals surface area contributed by atoms with Crippen LogP contribution in [-0.2, 0) is 18.4 Å². The van der Waals surface area contributed by atoms with E-state index in [0.29, 0.717) is 23.5 Å². The number of rotatable bonds is 7. The topological polar surface area (TPSA) is 42.6 Å². The van der Waals surface area contributed by atoms with E-state index >= 15 is 0 Å². The first-order valence-corrected chi connectivity index (χ1v) is 10.8. The second-order valence-corrected chi connectivity index (χ2v) is 8.68. The molecule has 1 aromatic carbocycles. The van der Waals surface area contributed by atoms with Crippen molar-refractivity contribution in [2.75, 3.05) is 19.6 Å². The molecule has 0 spiro atoms. The molecule has 4 rings (SSSR count). The minimum absolute atomic E-state index is 0.0939. The Morgan fingerprint density at radius 3 is 2.82 bits per heavy atom. The number of aromatic nitrogens is 2. The van der Waals surface area contributed by atoms with E-state index in [1.165, 1.54) is 24.9 Å². The Morgan fingerprint density at radius 1 is 1.36 bits per heavy atom. The number of halogens is 1. The van der Waals surface area contributed by atoms with Crippen LogP contribution in [0.15, 0.2) is 36.5 Å². The van der Waals surface area contributed by atoms with E-state index in [2.05, 4.69) is 36.3 Å². The van der Waals surface area contributed by atoms with Crippen LogP contribution in [0.1, 0.15) is 43.4 Å². The van der Waals surface area contributed by atoms with Crippen LogP contribution in [0, 0.1) is 5.92 Å². The van der Waals surface area contributed by atoms with E-state index in [1.807, 2.05) is 24.2 Å². The molecule has 1 aliphatic heterocycles.